The number of carbonyl (C=O) groups is 2. The molecule has 1 atom stereocenters. The smallest absolute Gasteiger partial charge is 0.263 e. The van der Waals surface area contributed by atoms with Gasteiger partial charge in [-0.25, -0.2) is 4.39 Å². The first kappa shape index (κ1) is 17.8. The molecule has 5 nitrogen and oxygen atoms in total. The van der Waals surface area contributed by atoms with Crippen LogP contribution in [0.15, 0.2) is 36.0 Å². The van der Waals surface area contributed by atoms with Crippen molar-refractivity contribution in [3.8, 4) is 16.2 Å². The molecule has 27 heavy (non-hydrogen) atoms. The fourth-order valence-electron chi connectivity index (χ4n) is 2.98. The monoisotopic (exact) mass is 402 g/mol. The van der Waals surface area contributed by atoms with Crippen LogP contribution in [0.3, 0.4) is 0 Å². The molecule has 0 aliphatic carbocycles. The summed E-state index contributed by atoms with van der Waals surface area (Å²) in [5.41, 5.74) is 3.00. The SMILES string of the molecule is CC(=O)c1ccc(-c2cc(F)cc3c2OC(CNC(=O)c2cncs2)C3)s1. The first-order valence-electron chi connectivity index (χ1n) is 8.28. The Hall–Kier alpha value is -2.58. The molecular formula is C19H15FN2O3S2. The number of fused-ring (bicyclic) bond motifs is 1. The fraction of sp³-hybridized carbons (Fsp3) is 0.211. The summed E-state index contributed by atoms with van der Waals surface area (Å²) in [6.45, 7) is 1.82. The lowest BCUT2D eigenvalue weighted by atomic mass is 10.0. The van der Waals surface area contributed by atoms with E-state index in [1.54, 1.807) is 17.6 Å². The first-order chi connectivity index (χ1) is 13.0. The van der Waals surface area contributed by atoms with E-state index in [1.165, 1.54) is 47.9 Å². The molecule has 0 saturated heterocycles. The number of hydrogen-bond donors (Lipinski definition) is 1. The standard InChI is InChI=1S/C19H15FN2O3S2/c1-10(23)15-2-3-16(27-15)14-6-12(20)4-11-5-13(25-18(11)14)7-22-19(24)17-8-21-9-26-17/h2-4,6,8-9,13H,5,7H2,1H3,(H,22,24). The Kier molecular flexibility index (Phi) is 4.75. The highest BCUT2D eigenvalue weighted by molar-refractivity contribution is 7.17. The molecule has 0 saturated carbocycles. The number of amides is 1. The Morgan fingerprint density at radius 2 is 2.19 bits per heavy atom. The Balaban J connectivity index is 1.53. The summed E-state index contributed by atoms with van der Waals surface area (Å²) >= 11 is 2.58. The van der Waals surface area contributed by atoms with E-state index in [1.807, 2.05) is 0 Å². The van der Waals surface area contributed by atoms with Gasteiger partial charge in [0.25, 0.3) is 5.91 Å². The van der Waals surface area contributed by atoms with Crippen LogP contribution in [0.4, 0.5) is 4.39 Å². The lowest BCUT2D eigenvalue weighted by Gasteiger charge is -2.12. The quantitative estimate of drug-likeness (QED) is 0.656. The second-order valence-corrected chi connectivity index (χ2v) is 8.15. The van der Waals surface area contributed by atoms with Crippen molar-refractivity contribution in [3.63, 3.8) is 0 Å². The number of aromatic nitrogens is 1. The van der Waals surface area contributed by atoms with Gasteiger partial charge in [-0.3, -0.25) is 14.6 Å². The summed E-state index contributed by atoms with van der Waals surface area (Å²) in [6, 6.07) is 6.43. The lowest BCUT2D eigenvalue weighted by Crippen LogP contribution is -2.34. The van der Waals surface area contributed by atoms with Gasteiger partial charge in [0.05, 0.1) is 23.1 Å². The zero-order valence-electron chi connectivity index (χ0n) is 14.3. The molecule has 1 amide bonds. The van der Waals surface area contributed by atoms with Gasteiger partial charge >= 0.3 is 0 Å². The van der Waals surface area contributed by atoms with E-state index in [9.17, 15) is 14.0 Å². The van der Waals surface area contributed by atoms with Crippen LogP contribution >= 0.6 is 22.7 Å². The number of ether oxygens (including phenoxy) is 1. The van der Waals surface area contributed by atoms with Crippen molar-refractivity contribution in [3.05, 3.63) is 57.1 Å². The molecule has 8 heteroatoms. The third kappa shape index (κ3) is 3.63. The number of nitrogens with zero attached hydrogens (tertiary/aromatic N) is 1. The molecule has 3 heterocycles. The van der Waals surface area contributed by atoms with E-state index in [4.69, 9.17) is 4.74 Å². The van der Waals surface area contributed by atoms with Crippen LogP contribution in [0.2, 0.25) is 0 Å². The van der Waals surface area contributed by atoms with E-state index in [0.29, 0.717) is 34.0 Å². The van der Waals surface area contributed by atoms with Gasteiger partial charge in [0.2, 0.25) is 0 Å². The van der Waals surface area contributed by atoms with Crippen LogP contribution in [0.5, 0.6) is 5.75 Å². The highest BCUT2D eigenvalue weighted by atomic mass is 32.1. The molecule has 1 aliphatic heterocycles. The number of carbonyl (C=O) groups excluding carboxylic acids is 2. The van der Waals surface area contributed by atoms with Gasteiger partial charge in [-0.05, 0) is 31.2 Å². The van der Waals surface area contributed by atoms with Crippen LogP contribution < -0.4 is 10.1 Å². The summed E-state index contributed by atoms with van der Waals surface area (Å²) in [5, 5.41) is 2.83. The number of thiazole rings is 1. The normalized spacial score (nSPS) is 15.3. The van der Waals surface area contributed by atoms with Gasteiger partial charge in [0, 0.05) is 22.4 Å². The van der Waals surface area contributed by atoms with E-state index in [0.717, 1.165) is 10.4 Å². The molecule has 0 bridgehead atoms. The van der Waals surface area contributed by atoms with E-state index < -0.39 is 0 Å². The van der Waals surface area contributed by atoms with Gasteiger partial charge in [0.15, 0.2) is 5.78 Å². The third-order valence-corrected chi connectivity index (χ3v) is 6.22. The van der Waals surface area contributed by atoms with Crippen molar-refractivity contribution in [2.24, 2.45) is 0 Å². The number of nitrogens with one attached hydrogen (secondary N) is 1. The Bertz CT molecular complexity index is 1010. The van der Waals surface area contributed by atoms with Crippen molar-refractivity contribution in [1.29, 1.82) is 0 Å². The van der Waals surface area contributed by atoms with Gasteiger partial charge in [-0.1, -0.05) is 0 Å². The molecule has 1 N–H and O–H groups in total. The molecule has 138 valence electrons. The maximum absolute atomic E-state index is 14.1. The topological polar surface area (TPSA) is 68.3 Å². The van der Waals surface area contributed by atoms with E-state index in [2.05, 4.69) is 10.3 Å². The van der Waals surface area contributed by atoms with Crippen molar-refractivity contribution < 1.29 is 18.7 Å². The summed E-state index contributed by atoms with van der Waals surface area (Å²) < 4.78 is 20.1. The van der Waals surface area contributed by atoms with Gasteiger partial charge < -0.3 is 10.1 Å². The zero-order valence-corrected chi connectivity index (χ0v) is 16.0. The third-order valence-electron chi connectivity index (χ3n) is 4.23. The average molecular weight is 402 g/mol. The number of hydrogen-bond acceptors (Lipinski definition) is 6. The number of thiophene rings is 1. The van der Waals surface area contributed by atoms with Gasteiger partial charge in [0.1, 0.15) is 22.5 Å². The molecule has 1 aromatic carbocycles. The van der Waals surface area contributed by atoms with E-state index >= 15 is 0 Å². The zero-order chi connectivity index (χ0) is 19.0. The molecule has 2 aromatic heterocycles. The summed E-state index contributed by atoms with van der Waals surface area (Å²) in [5.74, 6) is 0.0431. The number of benzene rings is 1. The van der Waals surface area contributed by atoms with Gasteiger partial charge in [-0.15, -0.1) is 22.7 Å². The second kappa shape index (κ2) is 7.21. The molecule has 0 spiro atoms. The van der Waals surface area contributed by atoms with Crippen molar-refractivity contribution >= 4 is 34.4 Å². The number of Topliss-reactive ketones (excluding diaryl/α,β-unsaturated/α-hetero) is 1. The van der Waals surface area contributed by atoms with Crippen LogP contribution in [0.25, 0.3) is 10.4 Å². The predicted molar refractivity (Wildman–Crippen MR) is 102 cm³/mol. The van der Waals surface area contributed by atoms with Crippen molar-refractivity contribution in [2.45, 2.75) is 19.4 Å². The minimum atomic E-state index is -0.348. The largest absolute Gasteiger partial charge is 0.487 e. The first-order valence-corrected chi connectivity index (χ1v) is 9.98. The Morgan fingerprint density at radius 1 is 1.33 bits per heavy atom. The number of ketones is 1. The lowest BCUT2D eigenvalue weighted by molar-refractivity contribution is 0.0937. The Morgan fingerprint density at radius 3 is 2.89 bits per heavy atom. The molecule has 0 fully saturated rings. The summed E-state index contributed by atoms with van der Waals surface area (Å²) in [6.07, 6.45) is 1.75. The summed E-state index contributed by atoms with van der Waals surface area (Å²) in [7, 11) is 0. The van der Waals surface area contributed by atoms with Crippen LogP contribution in [0, 0.1) is 5.82 Å². The molecule has 3 aromatic rings. The molecule has 1 aliphatic rings. The second-order valence-electron chi connectivity index (χ2n) is 6.18. The van der Waals surface area contributed by atoms with Crippen molar-refractivity contribution in [2.75, 3.05) is 6.54 Å². The molecule has 1 unspecified atom stereocenters. The Labute approximate surface area is 162 Å². The minimum Gasteiger partial charge on any atom is -0.487 e. The van der Waals surface area contributed by atoms with Crippen LogP contribution in [-0.2, 0) is 6.42 Å². The van der Waals surface area contributed by atoms with Crippen LogP contribution in [0.1, 0.15) is 31.8 Å². The van der Waals surface area contributed by atoms with E-state index in [-0.39, 0.29) is 23.6 Å². The maximum atomic E-state index is 14.1. The molecular weight excluding hydrogens is 387 g/mol. The summed E-state index contributed by atoms with van der Waals surface area (Å²) in [4.78, 5) is 29.4. The highest BCUT2D eigenvalue weighted by Gasteiger charge is 2.28. The van der Waals surface area contributed by atoms with Gasteiger partial charge in [-0.2, -0.15) is 0 Å². The number of halogens is 1. The maximum Gasteiger partial charge on any atom is 0.263 e. The fourth-order valence-corrected chi connectivity index (χ4v) is 4.44. The number of rotatable bonds is 5. The predicted octanol–water partition coefficient (Wildman–Crippen LogP) is 3.95. The minimum absolute atomic E-state index is 0.0242. The molecule has 4 rings (SSSR count). The van der Waals surface area contributed by atoms with Crippen LogP contribution in [-0.4, -0.2) is 29.3 Å². The van der Waals surface area contributed by atoms with Crippen molar-refractivity contribution in [1.82, 2.24) is 10.3 Å². The average Bonchev–Trinajstić information content (AvgIpc) is 3.38. The highest BCUT2D eigenvalue weighted by Crippen LogP contribution is 2.42. The molecule has 0 radical (unpaired) electrons.